The van der Waals surface area contributed by atoms with Crippen LogP contribution < -0.4 is 11.1 Å². The number of benzene rings is 1. The number of nitrogen functional groups attached to an aromatic ring is 1. The predicted octanol–water partition coefficient (Wildman–Crippen LogP) is 1.43. The summed E-state index contributed by atoms with van der Waals surface area (Å²) in [5.74, 6) is -0.351. The van der Waals surface area contributed by atoms with Crippen molar-refractivity contribution in [3.8, 4) is 0 Å². The highest BCUT2D eigenvalue weighted by molar-refractivity contribution is 6.06. The summed E-state index contributed by atoms with van der Waals surface area (Å²) in [6, 6.07) is 1.05. The van der Waals surface area contributed by atoms with Crippen LogP contribution in [0.3, 0.4) is 0 Å². The fraction of sp³-hybridized carbons (Fsp3) is 0.417. The minimum Gasteiger partial charge on any atom is -0.398 e. The average molecular weight is 222 g/mol. The summed E-state index contributed by atoms with van der Waals surface area (Å²) in [7, 11) is 1.75. The number of nitrogens with two attached hydrogens (primary N) is 1. The van der Waals surface area contributed by atoms with Crippen molar-refractivity contribution in [2.75, 3.05) is 12.8 Å². The van der Waals surface area contributed by atoms with E-state index in [9.17, 15) is 9.18 Å². The van der Waals surface area contributed by atoms with Crippen LogP contribution >= 0.6 is 0 Å². The number of hydrogen-bond acceptors (Lipinski definition) is 3. The Labute approximate surface area is 93.8 Å². The first-order valence-electron chi connectivity index (χ1n) is 5.35. The zero-order valence-electron chi connectivity index (χ0n) is 9.43. The van der Waals surface area contributed by atoms with Crippen LogP contribution in [0.2, 0.25) is 0 Å². The van der Waals surface area contributed by atoms with E-state index < -0.39 is 0 Å². The summed E-state index contributed by atoms with van der Waals surface area (Å²) in [6.45, 7) is 1.70. The lowest BCUT2D eigenvalue weighted by Crippen LogP contribution is -2.38. The maximum atomic E-state index is 13.5. The summed E-state index contributed by atoms with van der Waals surface area (Å²) in [5, 5.41) is 2.96. The van der Waals surface area contributed by atoms with Crippen molar-refractivity contribution in [1.82, 2.24) is 5.32 Å². The molecule has 0 aliphatic heterocycles. The Hall–Kier alpha value is -1.42. The Morgan fingerprint density at radius 2 is 2.25 bits per heavy atom. The second-order valence-electron chi connectivity index (χ2n) is 4.17. The number of Topliss-reactive ketones (excluding diaryl/α,β-unsaturated/α-hetero) is 1. The third-order valence-corrected chi connectivity index (χ3v) is 3.28. The Balaban J connectivity index is 2.61. The highest BCUT2D eigenvalue weighted by Crippen LogP contribution is 2.30. The highest BCUT2D eigenvalue weighted by Gasteiger charge is 2.30. The van der Waals surface area contributed by atoms with E-state index in [4.69, 9.17) is 5.73 Å². The van der Waals surface area contributed by atoms with Gasteiger partial charge in [0.25, 0.3) is 0 Å². The predicted molar refractivity (Wildman–Crippen MR) is 61.0 cm³/mol. The van der Waals surface area contributed by atoms with Gasteiger partial charge in [0.15, 0.2) is 5.78 Å². The van der Waals surface area contributed by atoms with Crippen molar-refractivity contribution in [1.29, 1.82) is 0 Å². The monoisotopic (exact) mass is 222 g/mol. The van der Waals surface area contributed by atoms with Gasteiger partial charge in [-0.25, -0.2) is 4.39 Å². The molecule has 86 valence electrons. The lowest BCUT2D eigenvalue weighted by Gasteiger charge is -2.25. The van der Waals surface area contributed by atoms with Crippen molar-refractivity contribution in [2.24, 2.45) is 0 Å². The fourth-order valence-electron chi connectivity index (χ4n) is 2.30. The van der Waals surface area contributed by atoms with Crippen LogP contribution in [0.5, 0.6) is 0 Å². The van der Waals surface area contributed by atoms with Crippen LogP contribution in [0.4, 0.5) is 10.1 Å². The third kappa shape index (κ3) is 1.50. The van der Waals surface area contributed by atoms with E-state index in [0.717, 1.165) is 5.56 Å². The van der Waals surface area contributed by atoms with Crippen LogP contribution in [0.15, 0.2) is 6.07 Å². The van der Waals surface area contributed by atoms with Crippen LogP contribution in [0.25, 0.3) is 0 Å². The number of carbonyl (C=O) groups excluding carboxylic acids is 1. The van der Waals surface area contributed by atoms with Crippen LogP contribution in [-0.2, 0) is 6.42 Å². The quantitative estimate of drug-likeness (QED) is 0.707. The van der Waals surface area contributed by atoms with Crippen molar-refractivity contribution in [3.63, 3.8) is 0 Å². The van der Waals surface area contributed by atoms with Gasteiger partial charge in [0.1, 0.15) is 5.82 Å². The van der Waals surface area contributed by atoms with Gasteiger partial charge in [0.05, 0.1) is 6.04 Å². The Kier molecular flexibility index (Phi) is 2.68. The largest absolute Gasteiger partial charge is 0.398 e. The van der Waals surface area contributed by atoms with Gasteiger partial charge in [-0.1, -0.05) is 0 Å². The van der Waals surface area contributed by atoms with Crippen molar-refractivity contribution < 1.29 is 9.18 Å². The number of halogens is 1. The molecule has 0 heterocycles. The molecule has 0 spiro atoms. The van der Waals surface area contributed by atoms with Gasteiger partial charge in [-0.15, -0.1) is 0 Å². The van der Waals surface area contributed by atoms with E-state index in [0.29, 0.717) is 24.0 Å². The molecule has 3 N–H and O–H groups in total. The van der Waals surface area contributed by atoms with Crippen LogP contribution in [0, 0.1) is 12.7 Å². The second kappa shape index (κ2) is 3.87. The number of nitrogens with one attached hydrogen (secondary N) is 1. The normalized spacial score (nSPS) is 19.7. The summed E-state index contributed by atoms with van der Waals surface area (Å²) in [6.07, 6.45) is 1.40. The molecule has 1 atom stereocenters. The molecule has 0 fully saturated rings. The van der Waals surface area contributed by atoms with Gasteiger partial charge in [-0.3, -0.25) is 4.79 Å². The molecule has 0 radical (unpaired) electrons. The molecule has 0 aromatic heterocycles. The molecule has 1 aliphatic carbocycles. The molecule has 3 nitrogen and oxygen atoms in total. The second-order valence-corrected chi connectivity index (χ2v) is 4.17. The van der Waals surface area contributed by atoms with E-state index in [2.05, 4.69) is 5.32 Å². The molecular formula is C12H15FN2O. The van der Waals surface area contributed by atoms with Gasteiger partial charge in [-0.05, 0) is 44.0 Å². The zero-order valence-corrected chi connectivity index (χ0v) is 9.43. The minimum absolute atomic E-state index is 0.0237. The minimum atomic E-state index is -0.327. The molecule has 0 saturated carbocycles. The molecule has 4 heteroatoms. The number of fused-ring (bicyclic) bond motifs is 1. The molecule has 0 amide bonds. The molecular weight excluding hydrogens is 207 g/mol. The number of carbonyl (C=O) groups is 1. The van der Waals surface area contributed by atoms with Crippen LogP contribution in [0.1, 0.15) is 27.9 Å². The first-order chi connectivity index (χ1) is 7.56. The average Bonchev–Trinajstić information content (AvgIpc) is 2.25. The Morgan fingerprint density at radius 3 is 2.88 bits per heavy atom. The van der Waals surface area contributed by atoms with Gasteiger partial charge in [-0.2, -0.15) is 0 Å². The molecule has 2 rings (SSSR count). The van der Waals surface area contributed by atoms with Gasteiger partial charge in [0, 0.05) is 11.3 Å². The number of likely N-dealkylation sites (N-methyl/N-ethyl adjacent to an activating group) is 1. The first kappa shape index (κ1) is 11.1. The SMILES string of the molecule is CNC1CCc2c(C)c(F)cc(N)c2C1=O. The standard InChI is InChI=1S/C12H15FN2O/c1-6-7-3-4-10(15-2)12(16)11(7)9(14)5-8(6)13/h5,10,15H,3-4,14H2,1-2H3. The summed E-state index contributed by atoms with van der Waals surface area (Å²) >= 11 is 0. The Bertz CT molecular complexity index is 457. The smallest absolute Gasteiger partial charge is 0.182 e. The van der Waals surface area contributed by atoms with Crippen LogP contribution in [-0.4, -0.2) is 18.9 Å². The van der Waals surface area contributed by atoms with Gasteiger partial charge >= 0.3 is 0 Å². The number of anilines is 1. The zero-order chi connectivity index (χ0) is 11.9. The lowest BCUT2D eigenvalue weighted by atomic mass is 9.83. The molecule has 16 heavy (non-hydrogen) atoms. The fourth-order valence-corrected chi connectivity index (χ4v) is 2.30. The van der Waals surface area contributed by atoms with E-state index in [1.807, 2.05) is 0 Å². The summed E-state index contributed by atoms with van der Waals surface area (Å²) < 4.78 is 13.5. The number of ketones is 1. The van der Waals surface area contributed by atoms with E-state index in [1.54, 1.807) is 14.0 Å². The Morgan fingerprint density at radius 1 is 1.56 bits per heavy atom. The summed E-state index contributed by atoms with van der Waals surface area (Å²) in [5.41, 5.74) is 7.81. The van der Waals surface area contributed by atoms with Crippen molar-refractivity contribution in [3.05, 3.63) is 28.6 Å². The molecule has 1 unspecified atom stereocenters. The third-order valence-electron chi connectivity index (χ3n) is 3.28. The van der Waals surface area contributed by atoms with Crippen molar-refractivity contribution >= 4 is 11.5 Å². The molecule has 1 aliphatic rings. The molecule has 0 bridgehead atoms. The highest BCUT2D eigenvalue weighted by atomic mass is 19.1. The number of rotatable bonds is 1. The van der Waals surface area contributed by atoms with Crippen molar-refractivity contribution in [2.45, 2.75) is 25.8 Å². The molecule has 1 aromatic rings. The summed E-state index contributed by atoms with van der Waals surface area (Å²) in [4.78, 5) is 12.1. The number of hydrogen-bond donors (Lipinski definition) is 2. The van der Waals surface area contributed by atoms with E-state index >= 15 is 0 Å². The van der Waals surface area contributed by atoms with Gasteiger partial charge < -0.3 is 11.1 Å². The maximum absolute atomic E-state index is 13.5. The first-order valence-corrected chi connectivity index (χ1v) is 5.35. The van der Waals surface area contributed by atoms with Gasteiger partial charge in [0.2, 0.25) is 0 Å². The van der Waals surface area contributed by atoms with E-state index in [-0.39, 0.29) is 23.3 Å². The topological polar surface area (TPSA) is 55.1 Å². The lowest BCUT2D eigenvalue weighted by molar-refractivity contribution is 0.0933. The maximum Gasteiger partial charge on any atom is 0.182 e. The van der Waals surface area contributed by atoms with E-state index in [1.165, 1.54) is 6.07 Å². The molecule has 1 aromatic carbocycles. The molecule has 0 saturated heterocycles.